The SMILES string of the molecule is OC(c1ccccc1)c1cc2n(n1)CCCN(CCn1cc(Cl)cn1)C2. The number of halogens is 1. The summed E-state index contributed by atoms with van der Waals surface area (Å²) in [6.07, 6.45) is 3.86. The molecule has 0 spiro atoms. The van der Waals surface area contributed by atoms with Crippen molar-refractivity contribution in [3.05, 3.63) is 70.8 Å². The minimum atomic E-state index is -0.685. The lowest BCUT2D eigenvalue weighted by Gasteiger charge is -2.19. The zero-order valence-electron chi connectivity index (χ0n) is 14.5. The van der Waals surface area contributed by atoms with Crippen LogP contribution in [-0.4, -0.2) is 42.7 Å². The summed E-state index contributed by atoms with van der Waals surface area (Å²) in [7, 11) is 0. The Morgan fingerprint density at radius 2 is 2.00 bits per heavy atom. The Bertz CT molecular complexity index is 860. The highest BCUT2D eigenvalue weighted by atomic mass is 35.5. The van der Waals surface area contributed by atoms with Gasteiger partial charge in [-0.2, -0.15) is 10.2 Å². The number of aliphatic hydroxyl groups is 1. The summed E-state index contributed by atoms with van der Waals surface area (Å²) in [5.74, 6) is 0. The van der Waals surface area contributed by atoms with Gasteiger partial charge in [0.05, 0.1) is 29.2 Å². The third kappa shape index (κ3) is 3.82. The van der Waals surface area contributed by atoms with Gasteiger partial charge in [-0.15, -0.1) is 0 Å². The Morgan fingerprint density at radius 3 is 2.77 bits per heavy atom. The number of aryl methyl sites for hydroxylation is 1. The predicted molar refractivity (Wildman–Crippen MR) is 99.9 cm³/mol. The highest BCUT2D eigenvalue weighted by molar-refractivity contribution is 6.30. The van der Waals surface area contributed by atoms with Crippen molar-refractivity contribution in [2.75, 3.05) is 13.1 Å². The molecule has 0 saturated heterocycles. The lowest BCUT2D eigenvalue weighted by molar-refractivity contribution is 0.213. The van der Waals surface area contributed by atoms with Gasteiger partial charge in [0.25, 0.3) is 0 Å². The molecule has 0 aliphatic carbocycles. The van der Waals surface area contributed by atoms with Crippen LogP contribution in [0.5, 0.6) is 0 Å². The molecule has 0 amide bonds. The molecule has 0 fully saturated rings. The van der Waals surface area contributed by atoms with Gasteiger partial charge < -0.3 is 5.11 Å². The Balaban J connectivity index is 1.45. The number of aliphatic hydroxyl groups excluding tert-OH is 1. The largest absolute Gasteiger partial charge is 0.382 e. The maximum Gasteiger partial charge on any atom is 0.123 e. The van der Waals surface area contributed by atoms with Gasteiger partial charge in [0.1, 0.15) is 6.10 Å². The monoisotopic (exact) mass is 371 g/mol. The Kier molecular flexibility index (Phi) is 5.06. The van der Waals surface area contributed by atoms with E-state index in [4.69, 9.17) is 11.6 Å². The summed E-state index contributed by atoms with van der Waals surface area (Å²) in [4.78, 5) is 2.40. The quantitative estimate of drug-likeness (QED) is 0.749. The van der Waals surface area contributed by atoms with E-state index < -0.39 is 6.10 Å². The van der Waals surface area contributed by atoms with Crippen LogP contribution in [0, 0.1) is 0 Å². The molecule has 26 heavy (non-hydrogen) atoms. The Hall–Kier alpha value is -2.15. The molecule has 3 heterocycles. The van der Waals surface area contributed by atoms with Crippen LogP contribution in [0.1, 0.15) is 29.5 Å². The van der Waals surface area contributed by atoms with E-state index in [2.05, 4.69) is 15.1 Å². The summed E-state index contributed by atoms with van der Waals surface area (Å²) in [5, 5.41) is 20.2. The van der Waals surface area contributed by atoms with E-state index in [-0.39, 0.29) is 0 Å². The van der Waals surface area contributed by atoms with Crippen molar-refractivity contribution in [2.45, 2.75) is 32.2 Å². The number of fused-ring (bicyclic) bond motifs is 1. The van der Waals surface area contributed by atoms with Crippen molar-refractivity contribution in [1.82, 2.24) is 24.5 Å². The lowest BCUT2D eigenvalue weighted by Crippen LogP contribution is -2.27. The van der Waals surface area contributed by atoms with Crippen molar-refractivity contribution >= 4 is 11.6 Å². The third-order valence-electron chi connectivity index (χ3n) is 4.75. The standard InChI is InChI=1S/C19H22ClN5O/c20-16-12-21-24(13-16)10-9-23-7-4-8-25-17(14-23)11-18(22-25)19(26)15-5-2-1-3-6-15/h1-3,5-6,11-13,19,26H,4,7-10,14H2. The van der Waals surface area contributed by atoms with Crippen molar-refractivity contribution in [1.29, 1.82) is 0 Å². The second kappa shape index (κ2) is 7.61. The number of benzene rings is 1. The number of aromatic nitrogens is 4. The van der Waals surface area contributed by atoms with Crippen molar-refractivity contribution < 1.29 is 5.11 Å². The van der Waals surface area contributed by atoms with Gasteiger partial charge in [-0.1, -0.05) is 41.9 Å². The Morgan fingerprint density at radius 1 is 1.15 bits per heavy atom. The first-order valence-electron chi connectivity index (χ1n) is 8.89. The molecule has 1 atom stereocenters. The predicted octanol–water partition coefficient (Wildman–Crippen LogP) is 2.72. The molecule has 3 aromatic rings. The van der Waals surface area contributed by atoms with Crippen molar-refractivity contribution in [2.24, 2.45) is 0 Å². The maximum atomic E-state index is 10.6. The zero-order valence-corrected chi connectivity index (χ0v) is 15.3. The number of nitrogens with zero attached hydrogens (tertiary/aromatic N) is 5. The van der Waals surface area contributed by atoms with Gasteiger partial charge >= 0.3 is 0 Å². The van der Waals surface area contributed by atoms with Gasteiger partial charge in [-0.3, -0.25) is 14.3 Å². The van der Waals surface area contributed by atoms with Crippen LogP contribution < -0.4 is 0 Å². The van der Waals surface area contributed by atoms with E-state index in [0.29, 0.717) is 10.7 Å². The average Bonchev–Trinajstić information content (AvgIpc) is 3.21. The Labute approximate surface area is 157 Å². The van der Waals surface area contributed by atoms with E-state index in [9.17, 15) is 5.11 Å². The van der Waals surface area contributed by atoms with Gasteiger partial charge in [0, 0.05) is 32.4 Å². The fourth-order valence-corrected chi connectivity index (χ4v) is 3.54. The molecule has 7 heteroatoms. The van der Waals surface area contributed by atoms with Crippen LogP contribution in [0.3, 0.4) is 0 Å². The zero-order chi connectivity index (χ0) is 17.9. The molecule has 4 rings (SSSR count). The minimum Gasteiger partial charge on any atom is -0.382 e. The molecule has 136 valence electrons. The van der Waals surface area contributed by atoms with E-state index in [0.717, 1.165) is 50.4 Å². The second-order valence-electron chi connectivity index (χ2n) is 6.65. The summed E-state index contributed by atoms with van der Waals surface area (Å²) in [5.41, 5.74) is 2.73. The van der Waals surface area contributed by atoms with Gasteiger partial charge in [-0.05, 0) is 18.1 Å². The molecule has 1 N–H and O–H groups in total. The highest BCUT2D eigenvalue weighted by Gasteiger charge is 2.20. The maximum absolute atomic E-state index is 10.6. The first kappa shape index (κ1) is 17.3. The van der Waals surface area contributed by atoms with Crippen LogP contribution in [0.25, 0.3) is 0 Å². The van der Waals surface area contributed by atoms with E-state index in [1.165, 1.54) is 0 Å². The number of rotatable bonds is 5. The average molecular weight is 372 g/mol. The molecule has 0 bridgehead atoms. The van der Waals surface area contributed by atoms with Gasteiger partial charge in [0.2, 0.25) is 0 Å². The van der Waals surface area contributed by atoms with Crippen LogP contribution >= 0.6 is 11.6 Å². The summed E-state index contributed by atoms with van der Waals surface area (Å²) in [6.45, 7) is 4.43. The normalized spacial score (nSPS) is 16.2. The summed E-state index contributed by atoms with van der Waals surface area (Å²) < 4.78 is 3.90. The van der Waals surface area contributed by atoms with E-state index >= 15 is 0 Å². The molecular formula is C19H22ClN5O. The third-order valence-corrected chi connectivity index (χ3v) is 4.95. The molecular weight excluding hydrogens is 350 g/mol. The molecule has 2 aromatic heterocycles. The summed E-state index contributed by atoms with van der Waals surface area (Å²) >= 11 is 5.93. The minimum absolute atomic E-state index is 0.665. The molecule has 1 unspecified atom stereocenters. The van der Waals surface area contributed by atoms with E-state index in [1.54, 1.807) is 6.20 Å². The molecule has 6 nitrogen and oxygen atoms in total. The fourth-order valence-electron chi connectivity index (χ4n) is 3.39. The number of hydrogen-bond acceptors (Lipinski definition) is 4. The highest BCUT2D eigenvalue weighted by Crippen LogP contribution is 2.23. The molecule has 0 radical (unpaired) electrons. The lowest BCUT2D eigenvalue weighted by atomic mass is 10.1. The van der Waals surface area contributed by atoms with Crippen molar-refractivity contribution in [3.63, 3.8) is 0 Å². The van der Waals surface area contributed by atoms with Crippen LogP contribution in [0.15, 0.2) is 48.8 Å². The first-order valence-corrected chi connectivity index (χ1v) is 9.27. The molecule has 0 saturated carbocycles. The second-order valence-corrected chi connectivity index (χ2v) is 7.08. The van der Waals surface area contributed by atoms with Crippen LogP contribution in [0.4, 0.5) is 0 Å². The molecule has 1 aliphatic heterocycles. The van der Waals surface area contributed by atoms with Gasteiger partial charge in [-0.25, -0.2) is 0 Å². The van der Waals surface area contributed by atoms with E-state index in [1.807, 2.05) is 52.0 Å². The summed E-state index contributed by atoms with van der Waals surface area (Å²) in [6, 6.07) is 11.7. The number of hydrogen-bond donors (Lipinski definition) is 1. The fraction of sp³-hybridized carbons (Fsp3) is 0.368. The molecule has 1 aliphatic rings. The smallest absolute Gasteiger partial charge is 0.123 e. The first-order chi connectivity index (χ1) is 12.7. The molecule has 1 aromatic carbocycles. The van der Waals surface area contributed by atoms with Crippen LogP contribution in [-0.2, 0) is 19.6 Å². The van der Waals surface area contributed by atoms with Crippen molar-refractivity contribution in [3.8, 4) is 0 Å². The van der Waals surface area contributed by atoms with Crippen LogP contribution in [0.2, 0.25) is 5.02 Å². The van der Waals surface area contributed by atoms with Gasteiger partial charge in [0.15, 0.2) is 0 Å². The topological polar surface area (TPSA) is 59.1 Å².